The fraction of sp³-hybridized carbons (Fsp3) is 0.222. The number of hydrogen-bond donors (Lipinski definition) is 3. The highest BCUT2D eigenvalue weighted by atomic mass is 19.3. The third-order valence-electron chi connectivity index (χ3n) is 1.78. The summed E-state index contributed by atoms with van der Waals surface area (Å²) in [6.45, 7) is -0.486. The van der Waals surface area contributed by atoms with E-state index in [4.69, 9.17) is 11.5 Å². The van der Waals surface area contributed by atoms with Gasteiger partial charge in [0.15, 0.2) is 0 Å². The molecule has 1 aromatic rings. The Bertz CT molecular complexity index is 368. The molecular weight excluding hydrogens is 204 g/mol. The topological polar surface area (TPSA) is 81.1 Å². The molecule has 0 atom stereocenters. The van der Waals surface area contributed by atoms with E-state index in [1.54, 1.807) is 0 Å². The second-order valence-corrected chi connectivity index (χ2v) is 2.94. The summed E-state index contributed by atoms with van der Waals surface area (Å²) in [7, 11) is 0. The number of benzene rings is 1. The predicted octanol–water partition coefficient (Wildman–Crippen LogP) is 1.04. The lowest BCUT2D eigenvalue weighted by atomic mass is 10.1. The van der Waals surface area contributed by atoms with Gasteiger partial charge in [-0.3, -0.25) is 4.79 Å². The van der Waals surface area contributed by atoms with Crippen molar-refractivity contribution in [3.05, 3.63) is 23.8 Å². The third kappa shape index (κ3) is 3.08. The lowest BCUT2D eigenvalue weighted by molar-refractivity contribution is 0.100. The highest BCUT2D eigenvalue weighted by molar-refractivity contribution is 5.94. The van der Waals surface area contributed by atoms with Gasteiger partial charge >= 0.3 is 0 Å². The molecule has 1 rings (SSSR count). The highest BCUT2D eigenvalue weighted by Gasteiger charge is 2.06. The number of nitrogens with one attached hydrogen (secondary N) is 1. The maximum atomic E-state index is 11.9. The number of alkyl halides is 2. The molecule has 0 aliphatic carbocycles. The second-order valence-electron chi connectivity index (χ2n) is 2.94. The minimum atomic E-state index is -2.46. The van der Waals surface area contributed by atoms with Gasteiger partial charge in [0.2, 0.25) is 5.91 Å². The van der Waals surface area contributed by atoms with Crippen molar-refractivity contribution >= 4 is 17.3 Å². The van der Waals surface area contributed by atoms with Gasteiger partial charge in [-0.25, -0.2) is 8.78 Å². The number of carbonyl (C=O) groups is 1. The Labute approximate surface area is 85.2 Å². The molecule has 0 aromatic heterocycles. The molecule has 0 unspecified atom stereocenters. The van der Waals surface area contributed by atoms with Gasteiger partial charge in [-0.15, -0.1) is 0 Å². The molecule has 15 heavy (non-hydrogen) atoms. The molecule has 0 fully saturated rings. The van der Waals surface area contributed by atoms with Crippen LogP contribution in [0.5, 0.6) is 0 Å². The van der Waals surface area contributed by atoms with Gasteiger partial charge in [0, 0.05) is 5.56 Å². The van der Waals surface area contributed by atoms with E-state index in [9.17, 15) is 13.6 Å². The normalized spacial score (nSPS) is 10.3. The SMILES string of the molecule is NC(=O)c1ccc(NCC(F)F)c(N)c1. The number of nitrogens with two attached hydrogens (primary N) is 2. The molecule has 0 radical (unpaired) electrons. The first-order valence-corrected chi connectivity index (χ1v) is 4.22. The Balaban J connectivity index is 2.79. The largest absolute Gasteiger partial charge is 0.397 e. The number of amides is 1. The van der Waals surface area contributed by atoms with E-state index in [2.05, 4.69) is 5.32 Å². The Morgan fingerprint density at radius 1 is 1.47 bits per heavy atom. The number of nitrogen functional groups attached to an aromatic ring is 1. The maximum Gasteiger partial charge on any atom is 0.255 e. The zero-order chi connectivity index (χ0) is 11.4. The van der Waals surface area contributed by atoms with E-state index in [0.29, 0.717) is 5.69 Å². The van der Waals surface area contributed by atoms with Crippen LogP contribution in [0.4, 0.5) is 20.2 Å². The van der Waals surface area contributed by atoms with E-state index >= 15 is 0 Å². The molecular formula is C9H11F2N3O. The first-order chi connectivity index (χ1) is 7.00. The minimum Gasteiger partial charge on any atom is -0.397 e. The molecule has 6 heteroatoms. The zero-order valence-electron chi connectivity index (χ0n) is 7.84. The molecule has 1 aromatic carbocycles. The molecule has 0 saturated heterocycles. The van der Waals surface area contributed by atoms with Crippen molar-refractivity contribution in [2.45, 2.75) is 6.43 Å². The Kier molecular flexibility index (Phi) is 3.43. The van der Waals surface area contributed by atoms with E-state index in [1.807, 2.05) is 0 Å². The first-order valence-electron chi connectivity index (χ1n) is 4.22. The predicted molar refractivity (Wildman–Crippen MR) is 53.9 cm³/mol. The van der Waals surface area contributed by atoms with Crippen molar-refractivity contribution in [2.24, 2.45) is 5.73 Å². The summed E-state index contributed by atoms with van der Waals surface area (Å²) in [5, 5.41) is 2.45. The summed E-state index contributed by atoms with van der Waals surface area (Å²) in [6.07, 6.45) is -2.46. The number of halogens is 2. The van der Waals surface area contributed by atoms with Crippen molar-refractivity contribution in [2.75, 3.05) is 17.6 Å². The Morgan fingerprint density at radius 2 is 2.13 bits per heavy atom. The summed E-state index contributed by atoms with van der Waals surface area (Å²) < 4.78 is 23.8. The number of anilines is 2. The number of hydrogen-bond acceptors (Lipinski definition) is 3. The molecule has 82 valence electrons. The number of carbonyl (C=O) groups excluding carboxylic acids is 1. The van der Waals surface area contributed by atoms with Gasteiger partial charge in [-0.2, -0.15) is 0 Å². The molecule has 0 heterocycles. The number of primary amides is 1. The molecule has 0 aliphatic rings. The molecule has 0 aliphatic heterocycles. The van der Waals surface area contributed by atoms with Crippen LogP contribution in [0.25, 0.3) is 0 Å². The van der Waals surface area contributed by atoms with Gasteiger partial charge < -0.3 is 16.8 Å². The molecule has 0 spiro atoms. The second kappa shape index (κ2) is 4.59. The van der Waals surface area contributed by atoms with Crippen molar-refractivity contribution in [1.29, 1.82) is 0 Å². The van der Waals surface area contributed by atoms with Crippen molar-refractivity contribution in [3.8, 4) is 0 Å². The molecule has 0 bridgehead atoms. The van der Waals surface area contributed by atoms with Crippen molar-refractivity contribution in [3.63, 3.8) is 0 Å². The quantitative estimate of drug-likeness (QED) is 0.656. The van der Waals surface area contributed by atoms with Crippen LogP contribution in [-0.2, 0) is 0 Å². The minimum absolute atomic E-state index is 0.215. The highest BCUT2D eigenvalue weighted by Crippen LogP contribution is 2.19. The lowest BCUT2D eigenvalue weighted by Crippen LogP contribution is -2.14. The van der Waals surface area contributed by atoms with Crippen LogP contribution in [0.2, 0.25) is 0 Å². The summed E-state index contributed by atoms with van der Waals surface area (Å²) in [5.74, 6) is -0.609. The van der Waals surface area contributed by atoms with E-state index in [1.165, 1.54) is 18.2 Å². The monoisotopic (exact) mass is 215 g/mol. The summed E-state index contributed by atoms with van der Waals surface area (Å²) in [4.78, 5) is 10.8. The van der Waals surface area contributed by atoms with Crippen molar-refractivity contribution < 1.29 is 13.6 Å². The fourth-order valence-corrected chi connectivity index (χ4v) is 1.06. The van der Waals surface area contributed by atoms with Crippen LogP contribution in [0.3, 0.4) is 0 Å². The van der Waals surface area contributed by atoms with Gasteiger partial charge in [0.25, 0.3) is 6.43 Å². The fourth-order valence-electron chi connectivity index (χ4n) is 1.06. The van der Waals surface area contributed by atoms with E-state index in [0.717, 1.165) is 0 Å². The van der Waals surface area contributed by atoms with Crippen LogP contribution < -0.4 is 16.8 Å². The summed E-state index contributed by atoms with van der Waals surface area (Å²) in [5.41, 5.74) is 11.4. The van der Waals surface area contributed by atoms with Gasteiger partial charge in [-0.1, -0.05) is 0 Å². The van der Waals surface area contributed by atoms with Gasteiger partial charge in [0.1, 0.15) is 0 Å². The van der Waals surface area contributed by atoms with Crippen LogP contribution in [-0.4, -0.2) is 18.9 Å². The zero-order valence-corrected chi connectivity index (χ0v) is 7.84. The van der Waals surface area contributed by atoms with Gasteiger partial charge in [-0.05, 0) is 18.2 Å². The Hall–Kier alpha value is -1.85. The van der Waals surface area contributed by atoms with E-state index < -0.39 is 18.9 Å². The van der Waals surface area contributed by atoms with Crippen molar-refractivity contribution in [1.82, 2.24) is 0 Å². The average Bonchev–Trinajstić information content (AvgIpc) is 2.15. The Morgan fingerprint density at radius 3 is 2.60 bits per heavy atom. The van der Waals surface area contributed by atoms with Crippen LogP contribution >= 0.6 is 0 Å². The van der Waals surface area contributed by atoms with Crippen LogP contribution in [0, 0.1) is 0 Å². The van der Waals surface area contributed by atoms with E-state index in [-0.39, 0.29) is 11.3 Å². The summed E-state index contributed by atoms with van der Waals surface area (Å²) >= 11 is 0. The van der Waals surface area contributed by atoms with Crippen LogP contribution in [0.1, 0.15) is 10.4 Å². The molecule has 0 saturated carbocycles. The number of rotatable bonds is 4. The summed E-state index contributed by atoms with van der Waals surface area (Å²) in [6, 6.07) is 4.21. The molecule has 4 nitrogen and oxygen atoms in total. The average molecular weight is 215 g/mol. The smallest absolute Gasteiger partial charge is 0.255 e. The maximum absolute atomic E-state index is 11.9. The first kappa shape index (κ1) is 11.2. The van der Waals surface area contributed by atoms with Gasteiger partial charge in [0.05, 0.1) is 17.9 Å². The third-order valence-corrected chi connectivity index (χ3v) is 1.78. The lowest BCUT2D eigenvalue weighted by Gasteiger charge is -2.09. The van der Waals surface area contributed by atoms with Crippen LogP contribution in [0.15, 0.2) is 18.2 Å². The molecule has 1 amide bonds. The molecule has 5 N–H and O–H groups in total. The standard InChI is InChI=1S/C9H11F2N3O/c10-8(11)4-14-7-2-1-5(9(13)15)3-6(7)12/h1-3,8,14H,4,12H2,(H2,13,15).